The Morgan fingerprint density at radius 2 is 2.04 bits per heavy atom. The lowest BCUT2D eigenvalue weighted by Gasteiger charge is -2.43. The van der Waals surface area contributed by atoms with Gasteiger partial charge in [-0.2, -0.15) is 0 Å². The van der Waals surface area contributed by atoms with E-state index in [0.717, 1.165) is 19.3 Å². The smallest absolute Gasteiger partial charge is 0.167 e. The summed E-state index contributed by atoms with van der Waals surface area (Å²) in [5.41, 5.74) is -2.38. The highest BCUT2D eigenvalue weighted by molar-refractivity contribution is 5.86. The quantitative estimate of drug-likeness (QED) is 0.373. The molecule has 5 unspecified atom stereocenters. The Balaban J connectivity index is 2.12. The van der Waals surface area contributed by atoms with Crippen molar-refractivity contribution in [3.8, 4) is 0 Å². The number of hydrogen-bond acceptors (Lipinski definition) is 5. The van der Waals surface area contributed by atoms with Crippen LogP contribution in [0.2, 0.25) is 0 Å². The van der Waals surface area contributed by atoms with Gasteiger partial charge in [-0.05, 0) is 71.1 Å². The third-order valence-electron chi connectivity index (χ3n) is 6.75. The number of carbonyl (C=O) groups excluding carboxylic acids is 1. The van der Waals surface area contributed by atoms with Gasteiger partial charge in [0.2, 0.25) is 0 Å². The zero-order valence-electron chi connectivity index (χ0n) is 16.3. The second-order valence-corrected chi connectivity index (χ2v) is 9.14. The van der Waals surface area contributed by atoms with E-state index in [2.05, 4.69) is 25.3 Å². The van der Waals surface area contributed by atoms with E-state index < -0.39 is 11.2 Å². The lowest BCUT2D eigenvalue weighted by Crippen LogP contribution is -2.44. The molecule has 2 aliphatic heterocycles. The topological polar surface area (TPSA) is 76.0 Å². The summed E-state index contributed by atoms with van der Waals surface area (Å²) in [6, 6.07) is 0. The number of aliphatic hydroxyl groups is 1. The molecule has 25 heavy (non-hydrogen) atoms. The fraction of sp³-hybridized carbons (Fsp3) is 0.850. The molecule has 5 atom stereocenters. The molecule has 0 aromatic heterocycles. The summed E-state index contributed by atoms with van der Waals surface area (Å²) in [6.07, 6.45) is 6.25. The van der Waals surface area contributed by atoms with E-state index in [1.165, 1.54) is 0 Å². The van der Waals surface area contributed by atoms with Gasteiger partial charge in [-0.3, -0.25) is 10.1 Å². The molecule has 0 aliphatic carbocycles. The van der Waals surface area contributed by atoms with Gasteiger partial charge in [-0.15, -0.1) is 6.58 Å². The van der Waals surface area contributed by atoms with Crippen LogP contribution in [0.25, 0.3) is 0 Å². The summed E-state index contributed by atoms with van der Waals surface area (Å²) in [5.74, 6) is 0.164. The molecule has 5 nitrogen and oxygen atoms in total. The van der Waals surface area contributed by atoms with E-state index in [4.69, 9.17) is 9.99 Å². The second kappa shape index (κ2) is 6.76. The highest BCUT2D eigenvalue weighted by Crippen LogP contribution is 2.61. The number of rotatable bonds is 9. The summed E-state index contributed by atoms with van der Waals surface area (Å²) in [4.78, 5) is 16.7. The maximum atomic E-state index is 12.4. The minimum atomic E-state index is -1.18. The first kappa shape index (κ1) is 20.6. The molecule has 2 saturated heterocycles. The van der Waals surface area contributed by atoms with Crippen LogP contribution < -0.4 is 0 Å². The van der Waals surface area contributed by atoms with Gasteiger partial charge < -0.3 is 9.84 Å². The molecule has 0 saturated carbocycles. The standard InChI is InChI=1S/C20H34O5/c1-7-18(4,22)11-8-14-19(5,16-10-13-20(14,6)24-16)12-9-15(21)17(2,3)25-23/h7,14,16,22-23H,1,8-13H2,2-6H3. The van der Waals surface area contributed by atoms with Crippen molar-refractivity contribution >= 4 is 5.78 Å². The van der Waals surface area contributed by atoms with Crippen LogP contribution in [0.1, 0.15) is 73.1 Å². The van der Waals surface area contributed by atoms with Crippen LogP contribution in [0.5, 0.6) is 0 Å². The van der Waals surface area contributed by atoms with E-state index in [1.54, 1.807) is 26.8 Å². The Bertz CT molecular complexity index is 526. The lowest BCUT2D eigenvalue weighted by atomic mass is 9.59. The summed E-state index contributed by atoms with van der Waals surface area (Å²) < 4.78 is 6.33. The third kappa shape index (κ3) is 3.85. The van der Waals surface area contributed by atoms with Gasteiger partial charge in [-0.25, -0.2) is 4.89 Å². The summed E-state index contributed by atoms with van der Waals surface area (Å²) >= 11 is 0. The van der Waals surface area contributed by atoms with Crippen molar-refractivity contribution < 1.29 is 24.8 Å². The number of hydrogen-bond donors (Lipinski definition) is 2. The van der Waals surface area contributed by atoms with Crippen molar-refractivity contribution in [2.45, 2.75) is 96.1 Å². The Morgan fingerprint density at radius 3 is 2.60 bits per heavy atom. The average molecular weight is 354 g/mol. The minimum absolute atomic E-state index is 0.110. The maximum Gasteiger partial charge on any atom is 0.167 e. The van der Waals surface area contributed by atoms with Crippen LogP contribution in [0.3, 0.4) is 0 Å². The molecule has 0 spiro atoms. The molecule has 0 amide bonds. The molecule has 0 aromatic carbocycles. The van der Waals surface area contributed by atoms with Crippen molar-refractivity contribution in [2.75, 3.05) is 0 Å². The SMILES string of the molecule is C=CC(C)(O)CCC1C2(C)CCC(O2)C1(C)CCC(=O)C(C)(C)OO. The average Bonchev–Trinajstić information content (AvgIpc) is 3.04. The molecule has 5 heteroatoms. The fourth-order valence-electron chi connectivity index (χ4n) is 4.75. The Labute approximate surface area is 151 Å². The zero-order chi connectivity index (χ0) is 19.1. The largest absolute Gasteiger partial charge is 0.386 e. The molecule has 144 valence electrons. The number of carbonyl (C=O) groups is 1. The lowest BCUT2D eigenvalue weighted by molar-refractivity contribution is -0.301. The molecular weight excluding hydrogens is 320 g/mol. The first-order chi connectivity index (χ1) is 11.4. The normalized spacial score (nSPS) is 37.1. The molecule has 2 N–H and O–H groups in total. The highest BCUT2D eigenvalue weighted by Gasteiger charge is 2.62. The fourth-order valence-corrected chi connectivity index (χ4v) is 4.75. The summed E-state index contributed by atoms with van der Waals surface area (Å²) in [7, 11) is 0. The van der Waals surface area contributed by atoms with Gasteiger partial charge in [0.15, 0.2) is 11.4 Å². The van der Waals surface area contributed by atoms with Crippen LogP contribution in [-0.2, 0) is 14.4 Å². The first-order valence-electron chi connectivity index (χ1n) is 9.30. The molecule has 2 rings (SSSR count). The molecule has 2 fully saturated rings. The second-order valence-electron chi connectivity index (χ2n) is 9.14. The van der Waals surface area contributed by atoms with Crippen LogP contribution in [-0.4, -0.2) is 39.1 Å². The molecule has 2 bridgehead atoms. The number of Topliss-reactive ketones (excluding diaryl/α,β-unsaturated/α-hetero) is 1. The molecule has 0 radical (unpaired) electrons. The van der Waals surface area contributed by atoms with Crippen LogP contribution in [0.15, 0.2) is 12.7 Å². The van der Waals surface area contributed by atoms with Gasteiger partial charge in [0.25, 0.3) is 0 Å². The van der Waals surface area contributed by atoms with E-state index in [0.29, 0.717) is 19.3 Å². The monoisotopic (exact) mass is 354 g/mol. The number of fused-ring (bicyclic) bond motifs is 2. The minimum Gasteiger partial charge on any atom is -0.386 e. The Morgan fingerprint density at radius 1 is 1.40 bits per heavy atom. The number of ether oxygens (including phenoxy) is 1. The summed E-state index contributed by atoms with van der Waals surface area (Å²) in [6.45, 7) is 13.0. The van der Waals surface area contributed by atoms with Crippen LogP contribution in [0, 0.1) is 11.3 Å². The van der Waals surface area contributed by atoms with Crippen molar-refractivity contribution in [3.05, 3.63) is 12.7 Å². The molecular formula is C20H34O5. The van der Waals surface area contributed by atoms with Crippen LogP contribution in [0.4, 0.5) is 0 Å². The Hall–Kier alpha value is -0.750. The van der Waals surface area contributed by atoms with Gasteiger partial charge in [0, 0.05) is 6.42 Å². The van der Waals surface area contributed by atoms with Crippen molar-refractivity contribution in [1.82, 2.24) is 0 Å². The predicted octanol–water partition coefficient (Wildman–Crippen LogP) is 3.89. The maximum absolute atomic E-state index is 12.4. The highest BCUT2D eigenvalue weighted by atomic mass is 17.1. The molecule has 2 heterocycles. The molecule has 2 aliphatic rings. The zero-order valence-corrected chi connectivity index (χ0v) is 16.3. The predicted molar refractivity (Wildman–Crippen MR) is 96.2 cm³/mol. The summed E-state index contributed by atoms with van der Waals surface area (Å²) in [5, 5.41) is 19.2. The first-order valence-corrected chi connectivity index (χ1v) is 9.30. The van der Waals surface area contributed by atoms with Gasteiger partial charge in [-0.1, -0.05) is 13.0 Å². The van der Waals surface area contributed by atoms with E-state index >= 15 is 0 Å². The van der Waals surface area contributed by atoms with Gasteiger partial charge in [0.05, 0.1) is 17.3 Å². The van der Waals surface area contributed by atoms with Gasteiger partial charge in [0.1, 0.15) is 0 Å². The van der Waals surface area contributed by atoms with Crippen molar-refractivity contribution in [1.29, 1.82) is 0 Å². The van der Waals surface area contributed by atoms with Crippen molar-refractivity contribution in [2.24, 2.45) is 11.3 Å². The van der Waals surface area contributed by atoms with Crippen LogP contribution >= 0.6 is 0 Å². The van der Waals surface area contributed by atoms with E-state index in [9.17, 15) is 9.90 Å². The molecule has 0 aromatic rings. The third-order valence-corrected chi connectivity index (χ3v) is 6.75. The van der Waals surface area contributed by atoms with E-state index in [1.807, 2.05) is 0 Å². The Kier molecular flexibility index (Phi) is 5.56. The van der Waals surface area contributed by atoms with Gasteiger partial charge >= 0.3 is 0 Å². The van der Waals surface area contributed by atoms with E-state index in [-0.39, 0.29) is 28.8 Å². The number of ketones is 1. The van der Waals surface area contributed by atoms with Crippen molar-refractivity contribution in [3.63, 3.8) is 0 Å².